The summed E-state index contributed by atoms with van der Waals surface area (Å²) in [4.78, 5) is 15.2. The van der Waals surface area contributed by atoms with Crippen LogP contribution >= 0.6 is 11.6 Å². The van der Waals surface area contributed by atoms with Gasteiger partial charge in [-0.15, -0.1) is 4.90 Å². The Morgan fingerprint density at radius 3 is 2.39 bits per heavy atom. The fourth-order valence-corrected chi connectivity index (χ4v) is 1.58. The van der Waals surface area contributed by atoms with E-state index >= 15 is 0 Å². The van der Waals surface area contributed by atoms with Crippen LogP contribution in [0.1, 0.15) is 5.56 Å². The van der Waals surface area contributed by atoms with Gasteiger partial charge in [-0.1, -0.05) is 17.7 Å². The normalized spacial score (nSPS) is 9.89. The Morgan fingerprint density at radius 2 is 1.94 bits per heavy atom. The molecular formula is C13H19ClN3O+. The van der Waals surface area contributed by atoms with Crippen LogP contribution in [-0.2, 0) is 0 Å². The quantitative estimate of drug-likeness (QED) is 0.460. The third kappa shape index (κ3) is 3.47. The Kier molecular flexibility index (Phi) is 4.73. The Hall–Kier alpha value is -1.55. The van der Waals surface area contributed by atoms with E-state index in [4.69, 9.17) is 11.6 Å². The zero-order valence-corrected chi connectivity index (χ0v) is 12.2. The van der Waals surface area contributed by atoms with Crippen molar-refractivity contribution in [2.24, 2.45) is 0 Å². The summed E-state index contributed by atoms with van der Waals surface area (Å²) in [5.41, 5.74) is 1.74. The number of nitrogens with zero attached hydrogens (tertiary/aromatic N) is 3. The van der Waals surface area contributed by atoms with Crippen LogP contribution in [0.15, 0.2) is 18.2 Å². The van der Waals surface area contributed by atoms with Gasteiger partial charge in [0, 0.05) is 25.2 Å². The summed E-state index contributed by atoms with van der Waals surface area (Å²) in [6.07, 6.45) is 1.73. The predicted octanol–water partition coefficient (Wildman–Crippen LogP) is 2.44. The van der Waals surface area contributed by atoms with Crippen molar-refractivity contribution in [1.29, 1.82) is 0 Å². The minimum atomic E-state index is -0.122. The molecule has 1 rings (SSSR count). The van der Waals surface area contributed by atoms with Crippen LogP contribution in [0.4, 0.5) is 10.5 Å². The van der Waals surface area contributed by atoms with Gasteiger partial charge in [0.25, 0.3) is 0 Å². The molecule has 0 N–H and O–H groups in total. The highest BCUT2D eigenvalue weighted by molar-refractivity contribution is 6.31. The highest BCUT2D eigenvalue weighted by Gasteiger charge is 2.24. The molecule has 0 fully saturated rings. The van der Waals surface area contributed by atoms with Crippen molar-refractivity contribution in [3.63, 3.8) is 0 Å². The number of urea groups is 1. The fourth-order valence-electron chi connectivity index (χ4n) is 1.40. The second kappa shape index (κ2) is 5.87. The third-order valence-electron chi connectivity index (χ3n) is 2.37. The van der Waals surface area contributed by atoms with Gasteiger partial charge in [0.2, 0.25) is 6.34 Å². The fraction of sp³-hybridized carbons (Fsp3) is 0.385. The van der Waals surface area contributed by atoms with Crippen molar-refractivity contribution in [1.82, 2.24) is 4.90 Å². The molecule has 0 aromatic heterocycles. The van der Waals surface area contributed by atoms with Crippen LogP contribution in [0.5, 0.6) is 0 Å². The number of halogens is 1. The molecule has 98 valence electrons. The molecule has 4 nitrogen and oxygen atoms in total. The van der Waals surface area contributed by atoms with Crippen molar-refractivity contribution < 1.29 is 9.37 Å². The smallest absolute Gasteiger partial charge is 0.310 e. The molecule has 0 aliphatic carbocycles. The molecule has 1 aromatic carbocycles. The summed E-state index contributed by atoms with van der Waals surface area (Å²) in [5.74, 6) is 0. The Balaban J connectivity index is 3.21. The highest BCUT2D eigenvalue weighted by Crippen LogP contribution is 2.23. The molecule has 0 heterocycles. The maximum atomic E-state index is 12.1. The average Bonchev–Trinajstić information content (AvgIpc) is 2.28. The summed E-state index contributed by atoms with van der Waals surface area (Å²) in [6, 6.07) is 5.45. The topological polar surface area (TPSA) is 26.6 Å². The Bertz CT molecular complexity index is 479. The van der Waals surface area contributed by atoms with Gasteiger partial charge in [-0.3, -0.25) is 4.58 Å². The molecule has 0 atom stereocenters. The minimum Gasteiger partial charge on any atom is -0.310 e. The molecule has 0 saturated carbocycles. The van der Waals surface area contributed by atoms with Gasteiger partial charge >= 0.3 is 6.03 Å². The van der Waals surface area contributed by atoms with Gasteiger partial charge in [0.15, 0.2) is 0 Å². The molecule has 0 saturated heterocycles. The van der Waals surface area contributed by atoms with E-state index in [1.807, 2.05) is 37.7 Å². The first-order valence-electron chi connectivity index (χ1n) is 5.61. The zero-order chi connectivity index (χ0) is 13.9. The van der Waals surface area contributed by atoms with E-state index in [9.17, 15) is 4.79 Å². The van der Waals surface area contributed by atoms with Crippen LogP contribution < -0.4 is 4.90 Å². The maximum absolute atomic E-state index is 12.1. The number of rotatable bonds is 2. The molecule has 5 heteroatoms. The van der Waals surface area contributed by atoms with Crippen molar-refractivity contribution in [2.75, 3.05) is 33.1 Å². The summed E-state index contributed by atoms with van der Waals surface area (Å²) >= 11 is 6.10. The van der Waals surface area contributed by atoms with Gasteiger partial charge in [0.05, 0.1) is 14.1 Å². The van der Waals surface area contributed by atoms with E-state index in [1.54, 1.807) is 31.4 Å². The van der Waals surface area contributed by atoms with E-state index < -0.39 is 0 Å². The van der Waals surface area contributed by atoms with E-state index in [0.717, 1.165) is 11.3 Å². The first-order valence-corrected chi connectivity index (χ1v) is 5.99. The molecule has 1 aromatic rings. The average molecular weight is 269 g/mol. The number of amides is 2. The largest absolute Gasteiger partial charge is 0.415 e. The summed E-state index contributed by atoms with van der Waals surface area (Å²) < 4.78 is 1.81. The number of aryl methyl sites for hydroxylation is 1. The Morgan fingerprint density at radius 1 is 1.33 bits per heavy atom. The first kappa shape index (κ1) is 14.5. The van der Waals surface area contributed by atoms with E-state index in [0.29, 0.717) is 5.02 Å². The Labute approximate surface area is 113 Å². The van der Waals surface area contributed by atoms with Crippen LogP contribution in [0.3, 0.4) is 0 Å². The SMILES string of the molecule is Cc1ccc(N(C=[N+](C)C)C(=O)N(C)C)cc1Cl. The van der Waals surface area contributed by atoms with E-state index in [1.165, 1.54) is 4.90 Å². The molecule has 0 bridgehead atoms. The highest BCUT2D eigenvalue weighted by atomic mass is 35.5. The van der Waals surface area contributed by atoms with Crippen molar-refractivity contribution in [3.8, 4) is 0 Å². The number of hydrogen-bond donors (Lipinski definition) is 0. The summed E-state index contributed by atoms with van der Waals surface area (Å²) in [6.45, 7) is 1.93. The van der Waals surface area contributed by atoms with Crippen LogP contribution in [0, 0.1) is 6.92 Å². The van der Waals surface area contributed by atoms with Gasteiger partial charge in [-0.2, -0.15) is 0 Å². The lowest BCUT2D eigenvalue weighted by atomic mass is 10.2. The minimum absolute atomic E-state index is 0.122. The molecule has 0 aliphatic heterocycles. The predicted molar refractivity (Wildman–Crippen MR) is 75.9 cm³/mol. The molecule has 2 amide bonds. The number of anilines is 1. The van der Waals surface area contributed by atoms with Gasteiger partial charge in [0.1, 0.15) is 5.69 Å². The first-order chi connectivity index (χ1) is 8.32. The molecule has 0 radical (unpaired) electrons. The number of carbonyl (C=O) groups is 1. The van der Waals surface area contributed by atoms with Crippen molar-refractivity contribution >= 4 is 29.7 Å². The molecule has 18 heavy (non-hydrogen) atoms. The number of benzene rings is 1. The van der Waals surface area contributed by atoms with Gasteiger partial charge < -0.3 is 4.90 Å². The standard InChI is InChI=1S/C13H19ClN3O/c1-10-6-7-11(8-12(10)14)17(9-15(2)3)13(18)16(4)5/h6-9H,1-5H3/q+1. The monoisotopic (exact) mass is 268 g/mol. The second-order valence-electron chi connectivity index (χ2n) is 4.56. The van der Waals surface area contributed by atoms with Crippen LogP contribution in [-0.4, -0.2) is 50.0 Å². The van der Waals surface area contributed by atoms with Gasteiger partial charge in [-0.25, -0.2) is 4.79 Å². The molecule has 0 spiro atoms. The van der Waals surface area contributed by atoms with Crippen LogP contribution in [0.2, 0.25) is 5.02 Å². The number of hydrogen-bond acceptors (Lipinski definition) is 1. The second-order valence-corrected chi connectivity index (χ2v) is 4.97. The third-order valence-corrected chi connectivity index (χ3v) is 2.78. The lowest BCUT2D eigenvalue weighted by molar-refractivity contribution is -0.460. The number of carbonyl (C=O) groups excluding carboxylic acids is 1. The van der Waals surface area contributed by atoms with Crippen LogP contribution in [0.25, 0.3) is 0 Å². The molecular weight excluding hydrogens is 250 g/mol. The van der Waals surface area contributed by atoms with Crippen molar-refractivity contribution in [2.45, 2.75) is 6.92 Å². The molecule has 0 unspecified atom stereocenters. The van der Waals surface area contributed by atoms with Crippen molar-refractivity contribution in [3.05, 3.63) is 28.8 Å². The lowest BCUT2D eigenvalue weighted by Crippen LogP contribution is -2.40. The van der Waals surface area contributed by atoms with E-state index in [2.05, 4.69) is 0 Å². The summed E-state index contributed by atoms with van der Waals surface area (Å²) in [7, 11) is 7.17. The van der Waals surface area contributed by atoms with E-state index in [-0.39, 0.29) is 6.03 Å². The summed E-state index contributed by atoms with van der Waals surface area (Å²) in [5, 5.41) is 0.649. The molecule has 0 aliphatic rings. The maximum Gasteiger partial charge on any atom is 0.415 e. The lowest BCUT2D eigenvalue weighted by Gasteiger charge is -2.16. The van der Waals surface area contributed by atoms with Gasteiger partial charge in [-0.05, 0) is 18.6 Å². The zero-order valence-electron chi connectivity index (χ0n) is 11.4.